The van der Waals surface area contributed by atoms with E-state index < -0.39 is 97.5 Å². The normalized spacial score (nSPS) is 13.8. The number of aliphatic hydroxyl groups is 1. The largest absolute Gasteiger partial charge is 0.472 e. The molecule has 17 nitrogen and oxygen atoms in total. The molecule has 0 heterocycles. The molecule has 0 aliphatic rings. The highest BCUT2D eigenvalue weighted by atomic mass is 31.2. The van der Waals surface area contributed by atoms with Crippen LogP contribution in [0.2, 0.25) is 0 Å². The standard InChI is InChI=1S/C85H166O17P2/c1-6-9-12-15-18-21-24-27-29-31-33-35-37-39-41-44-46-49-52-58-63-68-82(87)95-74-80(101-84(89)71-66-61-54-51-48-45-42-40-38-36-34-32-30-28-25-22-19-16-13-10-7-2)76-99-103(91,92)97-72-79(86)73-98-104(93,94)100-77-81(75-96-83(88)69-64-59-56-55-57-62-67-78(4)5)102-85(90)70-65-60-53-50-47-43-26-23-20-17-14-11-8-3/h78-81,86H,6-77H2,1-5H3,(H,91,92)(H,93,94)/t79-,80-,81-/m1/s1. The summed E-state index contributed by atoms with van der Waals surface area (Å²) >= 11 is 0. The van der Waals surface area contributed by atoms with Gasteiger partial charge in [-0.05, 0) is 31.6 Å². The Bertz CT molecular complexity index is 1980. The fourth-order valence-electron chi connectivity index (χ4n) is 13.3. The molecule has 104 heavy (non-hydrogen) atoms. The smallest absolute Gasteiger partial charge is 0.462 e. The molecule has 0 radical (unpaired) electrons. The fraction of sp³-hybridized carbons (Fsp3) is 0.953. The second-order valence-electron chi connectivity index (χ2n) is 31.1. The molecule has 618 valence electrons. The SMILES string of the molecule is CCCCCCCCCCCCCCCCCCCCCCCC(=O)OC[C@H](COP(=O)(O)OC[C@@H](O)COP(=O)(O)OC[C@@H](COC(=O)CCCCCCCCC(C)C)OC(=O)CCCCCCCCCCCCCCC)OC(=O)CCCCCCCCCCCCCCCCCCCCCCC. The number of hydrogen-bond donors (Lipinski definition) is 3. The maximum Gasteiger partial charge on any atom is 0.472 e. The van der Waals surface area contributed by atoms with Crippen LogP contribution in [0.3, 0.4) is 0 Å². The zero-order chi connectivity index (χ0) is 76.2. The topological polar surface area (TPSA) is 237 Å². The number of phosphoric acid groups is 2. The Balaban J connectivity index is 5.18. The molecule has 3 N–H and O–H groups in total. The molecule has 0 aliphatic heterocycles. The lowest BCUT2D eigenvalue weighted by molar-refractivity contribution is -0.161. The molecule has 0 saturated heterocycles. The van der Waals surface area contributed by atoms with Gasteiger partial charge in [0.1, 0.15) is 19.3 Å². The van der Waals surface area contributed by atoms with Crippen molar-refractivity contribution in [2.24, 2.45) is 5.92 Å². The molecule has 0 saturated carbocycles. The molecule has 2 unspecified atom stereocenters. The zero-order valence-corrected chi connectivity index (χ0v) is 70.0. The summed E-state index contributed by atoms with van der Waals surface area (Å²) in [6.45, 7) is 7.26. The molecule has 0 aromatic heterocycles. The van der Waals surface area contributed by atoms with E-state index in [1.165, 1.54) is 276 Å². The van der Waals surface area contributed by atoms with Crippen molar-refractivity contribution in [3.63, 3.8) is 0 Å². The van der Waals surface area contributed by atoms with Crippen molar-refractivity contribution < 1.29 is 80.2 Å². The Hall–Kier alpha value is -1.94. The molecular formula is C85H166O17P2. The molecule has 19 heteroatoms. The van der Waals surface area contributed by atoms with Crippen molar-refractivity contribution in [3.05, 3.63) is 0 Å². The van der Waals surface area contributed by atoms with E-state index in [1.54, 1.807) is 0 Å². The Morgan fingerprint density at radius 2 is 0.442 bits per heavy atom. The highest BCUT2D eigenvalue weighted by Gasteiger charge is 2.30. The third-order valence-electron chi connectivity index (χ3n) is 20.0. The van der Waals surface area contributed by atoms with Gasteiger partial charge in [-0.1, -0.05) is 407 Å². The van der Waals surface area contributed by atoms with E-state index in [0.717, 1.165) is 96.3 Å². The second kappa shape index (κ2) is 77.8. The first kappa shape index (κ1) is 102. The van der Waals surface area contributed by atoms with E-state index in [1.807, 2.05) is 0 Å². The third-order valence-corrected chi connectivity index (χ3v) is 21.9. The first-order valence-corrected chi connectivity index (χ1v) is 47.1. The number of ether oxygens (including phenoxy) is 4. The monoisotopic (exact) mass is 1520 g/mol. The van der Waals surface area contributed by atoms with Gasteiger partial charge in [0.05, 0.1) is 26.4 Å². The number of rotatable bonds is 85. The van der Waals surface area contributed by atoms with Crippen molar-refractivity contribution >= 4 is 39.5 Å². The van der Waals surface area contributed by atoms with Crippen LogP contribution in [0.4, 0.5) is 0 Å². The van der Waals surface area contributed by atoms with Crippen LogP contribution >= 0.6 is 15.6 Å². The summed E-state index contributed by atoms with van der Waals surface area (Å²) in [4.78, 5) is 73.1. The van der Waals surface area contributed by atoms with Crippen LogP contribution in [-0.2, 0) is 65.4 Å². The van der Waals surface area contributed by atoms with Crippen LogP contribution in [-0.4, -0.2) is 96.7 Å². The van der Waals surface area contributed by atoms with Crippen LogP contribution < -0.4 is 0 Å². The van der Waals surface area contributed by atoms with Gasteiger partial charge in [0.15, 0.2) is 12.2 Å². The number of carbonyl (C=O) groups excluding carboxylic acids is 4. The number of hydrogen-bond acceptors (Lipinski definition) is 15. The first-order valence-electron chi connectivity index (χ1n) is 44.1. The fourth-order valence-corrected chi connectivity index (χ4v) is 14.9. The highest BCUT2D eigenvalue weighted by Crippen LogP contribution is 2.45. The van der Waals surface area contributed by atoms with E-state index in [0.29, 0.717) is 31.6 Å². The van der Waals surface area contributed by atoms with Crippen molar-refractivity contribution in [2.45, 2.75) is 477 Å². The lowest BCUT2D eigenvalue weighted by atomic mass is 10.0. The van der Waals surface area contributed by atoms with Gasteiger partial charge in [-0.25, -0.2) is 9.13 Å². The average Bonchev–Trinajstić information content (AvgIpc) is 0.915. The maximum atomic E-state index is 13.1. The van der Waals surface area contributed by atoms with Crippen LogP contribution in [0.15, 0.2) is 0 Å². The maximum absolute atomic E-state index is 13.1. The molecule has 0 aromatic rings. The van der Waals surface area contributed by atoms with Gasteiger partial charge in [0, 0.05) is 25.7 Å². The Kier molecular flexibility index (Phi) is 76.3. The molecule has 0 amide bonds. The molecule has 0 bridgehead atoms. The van der Waals surface area contributed by atoms with E-state index >= 15 is 0 Å². The molecule has 0 spiro atoms. The van der Waals surface area contributed by atoms with E-state index in [4.69, 9.17) is 37.0 Å². The Morgan fingerprint density at radius 1 is 0.260 bits per heavy atom. The lowest BCUT2D eigenvalue weighted by Crippen LogP contribution is -2.30. The van der Waals surface area contributed by atoms with E-state index in [9.17, 15) is 43.2 Å². The van der Waals surface area contributed by atoms with Crippen molar-refractivity contribution in [2.75, 3.05) is 39.6 Å². The highest BCUT2D eigenvalue weighted by molar-refractivity contribution is 7.47. The van der Waals surface area contributed by atoms with Gasteiger partial charge < -0.3 is 33.8 Å². The minimum Gasteiger partial charge on any atom is -0.462 e. The van der Waals surface area contributed by atoms with Gasteiger partial charge in [-0.2, -0.15) is 0 Å². The molecular weight excluding hydrogens is 1350 g/mol. The quantitative estimate of drug-likeness (QED) is 0.0222. The van der Waals surface area contributed by atoms with Gasteiger partial charge in [0.2, 0.25) is 0 Å². The summed E-state index contributed by atoms with van der Waals surface area (Å²) in [6.07, 6.45) is 71.2. The molecule has 0 rings (SSSR count). The minimum absolute atomic E-state index is 0.107. The van der Waals surface area contributed by atoms with E-state index in [2.05, 4.69) is 34.6 Å². The summed E-state index contributed by atoms with van der Waals surface area (Å²) in [5.41, 5.74) is 0. The summed E-state index contributed by atoms with van der Waals surface area (Å²) in [7, 11) is -9.92. The van der Waals surface area contributed by atoms with Gasteiger partial charge in [-0.15, -0.1) is 0 Å². The molecule has 0 fully saturated rings. The third kappa shape index (κ3) is 78.2. The van der Waals surface area contributed by atoms with Crippen molar-refractivity contribution in [1.82, 2.24) is 0 Å². The average molecular weight is 1520 g/mol. The van der Waals surface area contributed by atoms with Crippen molar-refractivity contribution in [3.8, 4) is 0 Å². The summed E-state index contributed by atoms with van der Waals surface area (Å²) in [5, 5.41) is 10.7. The van der Waals surface area contributed by atoms with Gasteiger partial charge in [0.25, 0.3) is 0 Å². The van der Waals surface area contributed by atoms with Crippen LogP contribution in [0.1, 0.15) is 458 Å². The summed E-state index contributed by atoms with van der Waals surface area (Å²) < 4.78 is 68.8. The number of phosphoric ester groups is 2. The van der Waals surface area contributed by atoms with Crippen LogP contribution in [0.25, 0.3) is 0 Å². The minimum atomic E-state index is -4.96. The molecule has 0 aliphatic carbocycles. The lowest BCUT2D eigenvalue weighted by Gasteiger charge is -2.21. The Labute approximate surface area is 638 Å². The van der Waals surface area contributed by atoms with E-state index in [-0.39, 0.29) is 25.7 Å². The van der Waals surface area contributed by atoms with Gasteiger partial charge in [-0.3, -0.25) is 37.3 Å². The number of aliphatic hydroxyl groups excluding tert-OH is 1. The predicted molar refractivity (Wildman–Crippen MR) is 428 cm³/mol. The second-order valence-corrected chi connectivity index (χ2v) is 34.0. The first-order chi connectivity index (χ1) is 50.5. The molecule has 0 aromatic carbocycles. The predicted octanol–water partition coefficient (Wildman–Crippen LogP) is 26.0. The van der Waals surface area contributed by atoms with Crippen molar-refractivity contribution in [1.29, 1.82) is 0 Å². The number of esters is 4. The summed E-state index contributed by atoms with van der Waals surface area (Å²) in [5.74, 6) is -1.43. The molecule has 5 atom stereocenters. The zero-order valence-electron chi connectivity index (χ0n) is 68.2. The van der Waals surface area contributed by atoms with Crippen LogP contribution in [0, 0.1) is 5.92 Å². The summed E-state index contributed by atoms with van der Waals surface area (Å²) in [6, 6.07) is 0. The van der Waals surface area contributed by atoms with Crippen LogP contribution in [0.5, 0.6) is 0 Å². The Morgan fingerprint density at radius 3 is 0.654 bits per heavy atom. The number of unbranched alkanes of at least 4 members (excludes halogenated alkanes) is 57. The number of carbonyl (C=O) groups is 4. The van der Waals surface area contributed by atoms with Gasteiger partial charge >= 0.3 is 39.5 Å².